The summed E-state index contributed by atoms with van der Waals surface area (Å²) in [6.07, 6.45) is 0. The molecule has 0 atom stereocenters. The maximum Gasteiger partial charge on any atom is 0.325 e. The van der Waals surface area contributed by atoms with Crippen LogP contribution in [0, 0.1) is 0 Å². The average Bonchev–Trinajstić information content (AvgIpc) is 2.36. The van der Waals surface area contributed by atoms with Crippen molar-refractivity contribution in [1.82, 2.24) is 15.0 Å². The van der Waals surface area contributed by atoms with Crippen LogP contribution in [0.3, 0.4) is 0 Å². The van der Waals surface area contributed by atoms with Crippen LogP contribution in [0.25, 0.3) is 0 Å². The summed E-state index contributed by atoms with van der Waals surface area (Å²) in [6, 6.07) is 0.114. The van der Waals surface area contributed by atoms with E-state index in [9.17, 15) is 4.79 Å². The number of nitrogens with two attached hydrogens (primary N) is 1. The number of carbonyl (C=O) groups is 1. The van der Waals surface area contributed by atoms with Crippen LogP contribution in [0.5, 0.6) is 6.01 Å². The van der Waals surface area contributed by atoms with Crippen LogP contribution in [0.4, 0.5) is 11.9 Å². The van der Waals surface area contributed by atoms with Crippen molar-refractivity contribution in [2.24, 2.45) is 5.84 Å². The van der Waals surface area contributed by atoms with Gasteiger partial charge in [0.1, 0.15) is 6.54 Å². The second kappa shape index (κ2) is 6.43. The van der Waals surface area contributed by atoms with Gasteiger partial charge in [0.15, 0.2) is 0 Å². The number of nitrogens with zero attached hydrogens (tertiary/aromatic N) is 3. The number of aromatic nitrogens is 3. The molecule has 4 N–H and O–H groups in total. The summed E-state index contributed by atoms with van der Waals surface area (Å²) in [4.78, 5) is 22.6. The van der Waals surface area contributed by atoms with Crippen molar-refractivity contribution in [3.8, 4) is 6.01 Å². The number of anilines is 2. The third-order valence-corrected chi connectivity index (χ3v) is 1.64. The fraction of sp³-hybridized carbons (Fsp3) is 0.500. The normalized spacial score (nSPS) is 9.59. The monoisotopic (exact) mass is 242 g/mol. The minimum atomic E-state index is -0.439. The Morgan fingerprint density at radius 2 is 2.06 bits per heavy atom. The fourth-order valence-electron chi connectivity index (χ4n) is 0.917. The first-order valence-electron chi connectivity index (χ1n) is 4.85. The largest absolute Gasteiger partial charge is 0.468 e. The van der Waals surface area contributed by atoms with Crippen LogP contribution < -0.4 is 21.3 Å². The van der Waals surface area contributed by atoms with E-state index in [1.165, 1.54) is 7.11 Å². The molecule has 9 heteroatoms. The lowest BCUT2D eigenvalue weighted by Gasteiger charge is -2.07. The molecule has 0 aromatic carbocycles. The smallest absolute Gasteiger partial charge is 0.325 e. The van der Waals surface area contributed by atoms with Crippen molar-refractivity contribution in [3.63, 3.8) is 0 Å². The summed E-state index contributed by atoms with van der Waals surface area (Å²) in [5.41, 5.74) is 2.27. The van der Waals surface area contributed by atoms with Gasteiger partial charge in [-0.1, -0.05) is 0 Å². The molecule has 17 heavy (non-hydrogen) atoms. The molecule has 0 radical (unpaired) electrons. The molecule has 1 aromatic rings. The molecule has 94 valence electrons. The van der Waals surface area contributed by atoms with E-state index in [0.717, 1.165) is 0 Å². The zero-order valence-corrected chi connectivity index (χ0v) is 9.56. The Balaban J connectivity index is 2.75. The van der Waals surface area contributed by atoms with Crippen LogP contribution in [-0.2, 0) is 9.53 Å². The van der Waals surface area contributed by atoms with E-state index in [4.69, 9.17) is 10.6 Å². The van der Waals surface area contributed by atoms with E-state index in [2.05, 4.69) is 30.4 Å². The molecule has 0 bridgehead atoms. The van der Waals surface area contributed by atoms with Crippen molar-refractivity contribution in [2.75, 3.05) is 31.0 Å². The van der Waals surface area contributed by atoms with E-state index in [-0.39, 0.29) is 24.5 Å². The van der Waals surface area contributed by atoms with E-state index in [1.54, 1.807) is 6.92 Å². The zero-order chi connectivity index (χ0) is 12.7. The van der Waals surface area contributed by atoms with Crippen LogP contribution in [-0.4, -0.2) is 41.2 Å². The number of hydrogen-bond acceptors (Lipinski definition) is 9. The Bertz CT molecular complexity index is 386. The van der Waals surface area contributed by atoms with Gasteiger partial charge < -0.3 is 14.8 Å². The Kier molecular flexibility index (Phi) is 4.88. The standard InChI is InChI=1S/C8H14N6O3/c1-3-17-8-12-6(10-4-5(15)16-2)11-7(13-8)14-9/h3-4,9H2,1-2H3,(H2,10,11,12,13,14). The minimum Gasteiger partial charge on any atom is -0.468 e. The lowest BCUT2D eigenvalue weighted by Crippen LogP contribution is -2.19. The molecule has 1 heterocycles. The highest BCUT2D eigenvalue weighted by Gasteiger charge is 2.07. The Labute approximate surface area is 97.7 Å². The van der Waals surface area contributed by atoms with Crippen LogP contribution in [0.1, 0.15) is 6.92 Å². The number of rotatable bonds is 6. The summed E-state index contributed by atoms with van der Waals surface area (Å²) in [5.74, 6) is 5.05. The van der Waals surface area contributed by atoms with Crippen molar-refractivity contribution >= 4 is 17.9 Å². The topological polar surface area (TPSA) is 124 Å². The van der Waals surface area contributed by atoms with Gasteiger partial charge in [-0.2, -0.15) is 15.0 Å². The van der Waals surface area contributed by atoms with Crippen molar-refractivity contribution in [2.45, 2.75) is 6.92 Å². The summed E-state index contributed by atoms with van der Waals surface area (Å²) in [6.45, 7) is 2.14. The van der Waals surface area contributed by atoms with Gasteiger partial charge in [-0.25, -0.2) is 5.84 Å². The highest BCUT2D eigenvalue weighted by Crippen LogP contribution is 2.09. The van der Waals surface area contributed by atoms with Gasteiger partial charge in [-0.3, -0.25) is 10.2 Å². The number of methoxy groups -OCH3 is 1. The Hall–Kier alpha value is -2.16. The van der Waals surface area contributed by atoms with Crippen LogP contribution in [0.15, 0.2) is 0 Å². The van der Waals surface area contributed by atoms with Crippen molar-refractivity contribution < 1.29 is 14.3 Å². The summed E-state index contributed by atoms with van der Waals surface area (Å²) >= 11 is 0. The lowest BCUT2D eigenvalue weighted by atomic mass is 10.6. The first kappa shape index (κ1) is 12.9. The summed E-state index contributed by atoms with van der Waals surface area (Å²) < 4.78 is 9.57. The van der Waals surface area contributed by atoms with Crippen LogP contribution >= 0.6 is 0 Å². The number of esters is 1. The number of nitrogen functional groups attached to an aromatic ring is 1. The second-order valence-electron chi connectivity index (χ2n) is 2.77. The van der Waals surface area contributed by atoms with Gasteiger partial charge in [0.25, 0.3) is 0 Å². The molecule has 0 saturated carbocycles. The lowest BCUT2D eigenvalue weighted by molar-refractivity contribution is -0.138. The molecule has 0 aliphatic heterocycles. The van der Waals surface area contributed by atoms with E-state index < -0.39 is 5.97 Å². The second-order valence-corrected chi connectivity index (χ2v) is 2.77. The quantitative estimate of drug-likeness (QED) is 0.332. The number of ether oxygens (including phenoxy) is 2. The predicted molar refractivity (Wildman–Crippen MR) is 59.3 cm³/mol. The molecule has 0 fully saturated rings. The molecular formula is C8H14N6O3. The average molecular weight is 242 g/mol. The highest BCUT2D eigenvalue weighted by atomic mass is 16.5. The maximum absolute atomic E-state index is 10.9. The fourth-order valence-corrected chi connectivity index (χ4v) is 0.917. The molecule has 1 rings (SSSR count). The minimum absolute atomic E-state index is 0.0594. The first-order chi connectivity index (χ1) is 8.19. The highest BCUT2D eigenvalue weighted by molar-refractivity contribution is 5.74. The van der Waals surface area contributed by atoms with E-state index in [1.807, 2.05) is 0 Å². The molecule has 1 aromatic heterocycles. The van der Waals surface area contributed by atoms with Gasteiger partial charge in [0, 0.05) is 0 Å². The maximum atomic E-state index is 10.9. The van der Waals surface area contributed by atoms with Crippen molar-refractivity contribution in [3.05, 3.63) is 0 Å². The zero-order valence-electron chi connectivity index (χ0n) is 9.56. The molecule has 0 amide bonds. The molecule has 0 saturated heterocycles. The first-order valence-corrected chi connectivity index (χ1v) is 4.85. The van der Waals surface area contributed by atoms with Gasteiger partial charge in [0.2, 0.25) is 11.9 Å². The van der Waals surface area contributed by atoms with Gasteiger partial charge in [-0.15, -0.1) is 0 Å². The predicted octanol–water partition coefficient (Wildman–Crippen LogP) is -0.859. The molecule has 0 unspecified atom stereocenters. The molecule has 0 spiro atoms. The van der Waals surface area contributed by atoms with Gasteiger partial charge >= 0.3 is 12.0 Å². The van der Waals surface area contributed by atoms with Gasteiger partial charge in [0.05, 0.1) is 13.7 Å². The molecule has 9 nitrogen and oxygen atoms in total. The van der Waals surface area contributed by atoms with E-state index in [0.29, 0.717) is 6.61 Å². The van der Waals surface area contributed by atoms with Crippen LogP contribution in [0.2, 0.25) is 0 Å². The Morgan fingerprint density at radius 1 is 1.35 bits per heavy atom. The number of nitrogens with one attached hydrogen (secondary N) is 2. The molecule has 0 aliphatic carbocycles. The summed E-state index contributed by atoms with van der Waals surface area (Å²) in [7, 11) is 1.29. The molecular weight excluding hydrogens is 228 g/mol. The van der Waals surface area contributed by atoms with Crippen molar-refractivity contribution in [1.29, 1.82) is 0 Å². The SMILES string of the molecule is CCOc1nc(NN)nc(NCC(=O)OC)n1. The third kappa shape index (κ3) is 4.07. The number of hydrogen-bond donors (Lipinski definition) is 3. The summed E-state index contributed by atoms with van der Waals surface area (Å²) in [5, 5.41) is 2.66. The Morgan fingerprint density at radius 3 is 2.65 bits per heavy atom. The number of hydrazine groups is 1. The molecule has 0 aliphatic rings. The third-order valence-electron chi connectivity index (χ3n) is 1.64. The number of carbonyl (C=O) groups excluding carboxylic acids is 1. The van der Waals surface area contributed by atoms with Gasteiger partial charge in [-0.05, 0) is 6.92 Å². The van der Waals surface area contributed by atoms with E-state index >= 15 is 0 Å².